The molecule has 0 unspecified atom stereocenters. The van der Waals surface area contributed by atoms with Crippen LogP contribution in [0, 0.1) is 5.82 Å². The molecule has 1 saturated heterocycles. The highest BCUT2D eigenvalue weighted by Gasteiger charge is 2.49. The number of carbonyl (C=O) groups is 1. The van der Waals surface area contributed by atoms with Gasteiger partial charge in [0.05, 0.1) is 18.7 Å². The number of aromatic carboxylic acids is 1. The molecule has 2 fully saturated rings. The fourth-order valence-electron chi connectivity index (χ4n) is 5.42. The quantitative estimate of drug-likeness (QED) is 0.501. The van der Waals surface area contributed by atoms with Crippen molar-refractivity contribution in [3.8, 4) is 5.75 Å². The molecule has 170 valence electrons. The normalized spacial score (nSPS) is 17.6. The molecule has 5 heteroatoms. The number of ether oxygens (including phenoxy) is 1. The molecule has 1 saturated carbocycles. The van der Waals surface area contributed by atoms with Crippen molar-refractivity contribution in [3.63, 3.8) is 0 Å². The fourth-order valence-corrected chi connectivity index (χ4v) is 5.42. The van der Waals surface area contributed by atoms with Gasteiger partial charge in [0.1, 0.15) is 0 Å². The van der Waals surface area contributed by atoms with Gasteiger partial charge in [-0.25, -0.2) is 9.18 Å². The Bertz CT molecular complexity index is 1130. The molecule has 0 aromatic heterocycles. The van der Waals surface area contributed by atoms with Crippen LogP contribution in [-0.2, 0) is 5.41 Å². The summed E-state index contributed by atoms with van der Waals surface area (Å²) in [5.41, 5.74) is 3.57. The molecule has 5 rings (SSSR count). The van der Waals surface area contributed by atoms with E-state index in [4.69, 9.17) is 4.74 Å². The Balaban J connectivity index is 1.54. The first-order valence-electron chi connectivity index (χ1n) is 11.4. The molecule has 0 bridgehead atoms. The Morgan fingerprint density at radius 2 is 1.61 bits per heavy atom. The average Bonchev–Trinajstić information content (AvgIpc) is 3.64. The van der Waals surface area contributed by atoms with Gasteiger partial charge >= 0.3 is 5.97 Å². The van der Waals surface area contributed by atoms with Crippen LogP contribution >= 0.6 is 0 Å². The van der Waals surface area contributed by atoms with E-state index in [1.165, 1.54) is 18.2 Å². The predicted octanol–water partition coefficient (Wildman–Crippen LogP) is 5.77. The number of benzene rings is 3. The highest BCUT2D eigenvalue weighted by Crippen LogP contribution is 2.52. The highest BCUT2D eigenvalue weighted by molar-refractivity contribution is 5.89. The second-order valence-electron chi connectivity index (χ2n) is 9.50. The molecule has 3 aromatic carbocycles. The van der Waals surface area contributed by atoms with E-state index < -0.39 is 11.8 Å². The zero-order chi connectivity index (χ0) is 23.2. The molecule has 1 aliphatic heterocycles. The van der Waals surface area contributed by atoms with Crippen molar-refractivity contribution in [1.82, 2.24) is 4.90 Å². The third-order valence-electron chi connectivity index (χ3n) is 7.01. The summed E-state index contributed by atoms with van der Waals surface area (Å²) in [7, 11) is 1.43. The Morgan fingerprint density at radius 3 is 2.06 bits per heavy atom. The maximum atomic E-state index is 15.2. The molecular weight excluding hydrogens is 417 g/mol. The molecule has 0 radical (unpaired) electrons. The van der Waals surface area contributed by atoms with Crippen molar-refractivity contribution in [3.05, 3.63) is 100 Å². The number of likely N-dealkylation sites (tertiary alicyclic amines) is 1. The van der Waals surface area contributed by atoms with Gasteiger partial charge in [-0.1, -0.05) is 67.6 Å². The van der Waals surface area contributed by atoms with Crippen molar-refractivity contribution >= 4 is 5.97 Å². The van der Waals surface area contributed by atoms with Crippen LogP contribution in [-0.4, -0.2) is 36.2 Å². The van der Waals surface area contributed by atoms with E-state index in [2.05, 4.69) is 60.4 Å². The fraction of sp³-hybridized carbons (Fsp3) is 0.321. The van der Waals surface area contributed by atoms with E-state index in [0.29, 0.717) is 0 Å². The van der Waals surface area contributed by atoms with Crippen LogP contribution in [0.2, 0.25) is 0 Å². The molecule has 33 heavy (non-hydrogen) atoms. The molecule has 0 spiro atoms. The summed E-state index contributed by atoms with van der Waals surface area (Å²) in [5.74, 6) is -1.66. The zero-order valence-electron chi connectivity index (χ0n) is 18.9. The molecular formula is C28H28FNO3. The van der Waals surface area contributed by atoms with Crippen LogP contribution in [0.4, 0.5) is 4.39 Å². The lowest BCUT2D eigenvalue weighted by Gasteiger charge is -2.53. The average molecular weight is 446 g/mol. The minimum Gasteiger partial charge on any atom is -0.493 e. The number of hydrogen-bond acceptors (Lipinski definition) is 3. The lowest BCUT2D eigenvalue weighted by Crippen LogP contribution is -2.59. The van der Waals surface area contributed by atoms with Crippen molar-refractivity contribution in [2.45, 2.75) is 37.1 Å². The summed E-state index contributed by atoms with van der Waals surface area (Å²) in [6, 6.07) is 22.5. The molecule has 1 N–H and O–H groups in total. The van der Waals surface area contributed by atoms with Crippen molar-refractivity contribution in [2.75, 3.05) is 20.2 Å². The van der Waals surface area contributed by atoms with Gasteiger partial charge in [-0.2, -0.15) is 0 Å². The van der Waals surface area contributed by atoms with Crippen molar-refractivity contribution < 1.29 is 19.0 Å². The molecule has 1 aliphatic carbocycles. The molecule has 0 atom stereocenters. The molecule has 4 nitrogen and oxygen atoms in total. The largest absolute Gasteiger partial charge is 0.493 e. The molecule has 1 heterocycles. The Hall–Kier alpha value is -3.18. The van der Waals surface area contributed by atoms with Gasteiger partial charge in [0.25, 0.3) is 0 Å². The smallest absolute Gasteiger partial charge is 0.338 e. The third kappa shape index (κ3) is 3.80. The summed E-state index contributed by atoms with van der Waals surface area (Å²) in [5, 5.41) is 9.54. The molecule has 3 aromatic rings. The Labute approximate surface area is 193 Å². The molecule has 0 amide bonds. The maximum absolute atomic E-state index is 15.2. The van der Waals surface area contributed by atoms with Gasteiger partial charge in [-0.15, -0.1) is 0 Å². The SMILES string of the molecule is COc1c(F)c(C(=O)O)cc(C2CC2)c1C1(C)CN(C(c2ccccc2)c2ccccc2)C1. The number of carboxylic acids is 1. The lowest BCUT2D eigenvalue weighted by atomic mass is 9.70. The van der Waals surface area contributed by atoms with Crippen LogP contribution in [0.5, 0.6) is 5.75 Å². The van der Waals surface area contributed by atoms with Gasteiger partial charge < -0.3 is 9.84 Å². The molecule has 2 aliphatic rings. The first-order chi connectivity index (χ1) is 15.9. The van der Waals surface area contributed by atoms with Gasteiger partial charge in [0, 0.05) is 24.1 Å². The summed E-state index contributed by atoms with van der Waals surface area (Å²) in [6.45, 7) is 3.59. The first-order valence-corrected chi connectivity index (χ1v) is 11.4. The van der Waals surface area contributed by atoms with E-state index >= 15 is 4.39 Å². The van der Waals surface area contributed by atoms with E-state index in [1.54, 1.807) is 6.07 Å². The van der Waals surface area contributed by atoms with E-state index in [9.17, 15) is 9.90 Å². The Kier molecular flexibility index (Phi) is 5.45. The summed E-state index contributed by atoms with van der Waals surface area (Å²) in [6.07, 6.45) is 1.99. The second-order valence-corrected chi connectivity index (χ2v) is 9.50. The number of hydrogen-bond donors (Lipinski definition) is 1. The maximum Gasteiger partial charge on any atom is 0.338 e. The number of methoxy groups -OCH3 is 1. The van der Waals surface area contributed by atoms with E-state index in [1.807, 2.05) is 12.1 Å². The minimum atomic E-state index is -1.26. The standard InChI is InChI=1S/C28H28FNO3/c1-28(23-21(18-13-14-18)15-22(27(31)32)24(29)26(23)33-2)16-30(17-28)25(19-9-5-3-6-10-19)20-11-7-4-8-12-20/h3-12,15,18,25H,13-14,16-17H2,1-2H3,(H,31,32). The van der Waals surface area contributed by atoms with Crippen LogP contribution in [0.15, 0.2) is 66.7 Å². The van der Waals surface area contributed by atoms with Gasteiger partial charge in [-0.05, 0) is 41.5 Å². The number of nitrogens with zero attached hydrogens (tertiary/aromatic N) is 1. The number of rotatable bonds is 7. The third-order valence-corrected chi connectivity index (χ3v) is 7.01. The van der Waals surface area contributed by atoms with Crippen LogP contribution < -0.4 is 4.74 Å². The van der Waals surface area contributed by atoms with E-state index in [0.717, 1.165) is 37.1 Å². The lowest BCUT2D eigenvalue weighted by molar-refractivity contribution is 0.0460. The zero-order valence-corrected chi connectivity index (χ0v) is 18.9. The number of carboxylic acid groups (broad SMARTS) is 1. The first kappa shape index (κ1) is 21.7. The Morgan fingerprint density at radius 1 is 1.06 bits per heavy atom. The van der Waals surface area contributed by atoms with Gasteiger partial charge in [0.2, 0.25) is 0 Å². The highest BCUT2D eigenvalue weighted by atomic mass is 19.1. The predicted molar refractivity (Wildman–Crippen MR) is 126 cm³/mol. The topological polar surface area (TPSA) is 49.8 Å². The summed E-state index contributed by atoms with van der Waals surface area (Å²) < 4.78 is 20.7. The summed E-state index contributed by atoms with van der Waals surface area (Å²) >= 11 is 0. The second kappa shape index (κ2) is 8.31. The van der Waals surface area contributed by atoms with Crippen molar-refractivity contribution in [1.29, 1.82) is 0 Å². The minimum absolute atomic E-state index is 0.0925. The van der Waals surface area contributed by atoms with Crippen LogP contribution in [0.3, 0.4) is 0 Å². The van der Waals surface area contributed by atoms with Crippen LogP contribution in [0.1, 0.15) is 64.3 Å². The van der Waals surface area contributed by atoms with Crippen LogP contribution in [0.25, 0.3) is 0 Å². The monoisotopic (exact) mass is 445 g/mol. The van der Waals surface area contributed by atoms with Gasteiger partial charge in [-0.3, -0.25) is 4.90 Å². The van der Waals surface area contributed by atoms with Gasteiger partial charge in [0.15, 0.2) is 11.6 Å². The number of halogens is 1. The summed E-state index contributed by atoms with van der Waals surface area (Å²) in [4.78, 5) is 14.1. The van der Waals surface area contributed by atoms with Crippen molar-refractivity contribution in [2.24, 2.45) is 0 Å². The van der Waals surface area contributed by atoms with E-state index in [-0.39, 0.29) is 28.7 Å².